The van der Waals surface area contributed by atoms with Gasteiger partial charge in [-0.15, -0.1) is 24.0 Å². The Hall–Kier alpha value is -1.40. The lowest BCUT2D eigenvalue weighted by molar-refractivity contribution is 0.0954. The van der Waals surface area contributed by atoms with E-state index in [1.807, 2.05) is 0 Å². The third-order valence-electron chi connectivity index (χ3n) is 2.26. The summed E-state index contributed by atoms with van der Waals surface area (Å²) in [5, 5.41) is 4.25. The van der Waals surface area contributed by atoms with Crippen molar-refractivity contribution in [2.75, 3.05) is 0 Å². The van der Waals surface area contributed by atoms with Crippen molar-refractivity contribution in [3.8, 4) is 0 Å². The number of hydrogen-bond donors (Lipinski definition) is 2. The molecule has 1 heterocycles. The SMILES string of the molecule is O=C(NCc1cc(F)ccc1F)c1cc(S)cs1. The molecule has 0 fully saturated rings. The molecule has 1 aromatic carbocycles. The van der Waals surface area contributed by atoms with Gasteiger partial charge < -0.3 is 5.32 Å². The smallest absolute Gasteiger partial charge is 0.261 e. The zero-order chi connectivity index (χ0) is 13.1. The Balaban J connectivity index is 2.03. The predicted molar refractivity (Wildman–Crippen MR) is 69.1 cm³/mol. The first kappa shape index (κ1) is 13.0. The zero-order valence-corrected chi connectivity index (χ0v) is 10.8. The normalized spacial score (nSPS) is 10.4. The van der Waals surface area contributed by atoms with Crippen molar-refractivity contribution in [3.63, 3.8) is 0 Å². The number of benzene rings is 1. The van der Waals surface area contributed by atoms with Gasteiger partial charge in [-0.3, -0.25) is 4.79 Å². The number of amides is 1. The standard InChI is InChI=1S/C12H9F2NOS2/c13-8-1-2-10(14)7(3-8)5-15-12(16)11-4-9(17)6-18-11/h1-4,6,17H,5H2,(H,15,16). The Kier molecular flexibility index (Phi) is 3.98. The van der Waals surface area contributed by atoms with Gasteiger partial charge in [0.05, 0.1) is 4.88 Å². The first-order chi connectivity index (χ1) is 8.56. The van der Waals surface area contributed by atoms with Crippen molar-refractivity contribution in [3.05, 3.63) is 51.7 Å². The zero-order valence-electron chi connectivity index (χ0n) is 9.11. The minimum Gasteiger partial charge on any atom is -0.347 e. The summed E-state index contributed by atoms with van der Waals surface area (Å²) in [4.78, 5) is 12.9. The highest BCUT2D eigenvalue weighted by Crippen LogP contribution is 2.17. The van der Waals surface area contributed by atoms with Crippen LogP contribution in [0.15, 0.2) is 34.5 Å². The maximum Gasteiger partial charge on any atom is 0.261 e. The minimum absolute atomic E-state index is 0.0533. The van der Waals surface area contributed by atoms with E-state index >= 15 is 0 Å². The van der Waals surface area contributed by atoms with E-state index in [4.69, 9.17) is 0 Å². The molecule has 0 aliphatic heterocycles. The minimum atomic E-state index is -0.544. The summed E-state index contributed by atoms with van der Waals surface area (Å²) in [5.41, 5.74) is 0.117. The van der Waals surface area contributed by atoms with Gasteiger partial charge in [0, 0.05) is 22.4 Å². The Morgan fingerprint density at radius 3 is 2.78 bits per heavy atom. The van der Waals surface area contributed by atoms with E-state index in [9.17, 15) is 13.6 Å². The second-order valence-corrected chi connectivity index (χ2v) is 5.02. The summed E-state index contributed by atoms with van der Waals surface area (Å²) in [6, 6.07) is 4.75. The number of rotatable bonds is 3. The summed E-state index contributed by atoms with van der Waals surface area (Å²) < 4.78 is 26.2. The molecule has 0 spiro atoms. The number of halogens is 2. The summed E-state index contributed by atoms with van der Waals surface area (Å²) in [5.74, 6) is -1.41. The molecular formula is C12H9F2NOS2. The number of nitrogens with one attached hydrogen (secondary N) is 1. The van der Waals surface area contributed by atoms with Gasteiger partial charge in [-0.05, 0) is 24.3 Å². The number of hydrogen-bond acceptors (Lipinski definition) is 3. The molecule has 0 atom stereocenters. The van der Waals surface area contributed by atoms with Crippen LogP contribution >= 0.6 is 24.0 Å². The fourth-order valence-electron chi connectivity index (χ4n) is 1.39. The van der Waals surface area contributed by atoms with E-state index in [2.05, 4.69) is 17.9 Å². The van der Waals surface area contributed by atoms with Crippen LogP contribution < -0.4 is 5.32 Å². The van der Waals surface area contributed by atoms with E-state index in [0.29, 0.717) is 9.77 Å². The number of carbonyl (C=O) groups is 1. The van der Waals surface area contributed by atoms with Crippen molar-refractivity contribution in [1.82, 2.24) is 5.32 Å². The maximum absolute atomic E-state index is 13.3. The summed E-state index contributed by atoms with van der Waals surface area (Å²) >= 11 is 5.33. The van der Waals surface area contributed by atoms with E-state index in [1.54, 1.807) is 11.4 Å². The average molecular weight is 285 g/mol. The molecular weight excluding hydrogens is 276 g/mol. The number of carbonyl (C=O) groups excluding carboxylic acids is 1. The van der Waals surface area contributed by atoms with Gasteiger partial charge in [0.25, 0.3) is 5.91 Å². The number of thiol groups is 1. The third kappa shape index (κ3) is 3.08. The van der Waals surface area contributed by atoms with Crippen molar-refractivity contribution < 1.29 is 13.6 Å². The van der Waals surface area contributed by atoms with Crippen LogP contribution in [0.4, 0.5) is 8.78 Å². The average Bonchev–Trinajstić information content (AvgIpc) is 2.77. The molecule has 0 radical (unpaired) electrons. The van der Waals surface area contributed by atoms with Crippen LogP contribution in [0.25, 0.3) is 0 Å². The monoisotopic (exact) mass is 285 g/mol. The Morgan fingerprint density at radius 2 is 2.11 bits per heavy atom. The van der Waals surface area contributed by atoms with Crippen LogP contribution in [0.2, 0.25) is 0 Å². The molecule has 2 aromatic rings. The fraction of sp³-hybridized carbons (Fsp3) is 0.0833. The molecule has 18 heavy (non-hydrogen) atoms. The van der Waals surface area contributed by atoms with Gasteiger partial charge in [0.15, 0.2) is 0 Å². The lowest BCUT2D eigenvalue weighted by Gasteiger charge is -2.05. The Labute approximate surface area is 112 Å². The van der Waals surface area contributed by atoms with Gasteiger partial charge >= 0.3 is 0 Å². The van der Waals surface area contributed by atoms with Crippen LogP contribution in [0.3, 0.4) is 0 Å². The molecule has 2 rings (SSSR count). The predicted octanol–water partition coefficient (Wildman–Crippen LogP) is 3.25. The molecule has 1 N–H and O–H groups in total. The van der Waals surface area contributed by atoms with Crippen LogP contribution in [-0.4, -0.2) is 5.91 Å². The Bertz CT molecular complexity index is 583. The molecule has 2 nitrogen and oxygen atoms in total. The fourth-order valence-corrected chi connectivity index (χ4v) is 2.45. The summed E-state index contributed by atoms with van der Waals surface area (Å²) in [6.07, 6.45) is 0. The van der Waals surface area contributed by atoms with Crippen LogP contribution in [0, 0.1) is 11.6 Å². The second-order valence-electron chi connectivity index (χ2n) is 3.59. The lowest BCUT2D eigenvalue weighted by atomic mass is 10.2. The van der Waals surface area contributed by atoms with Gasteiger partial charge in [-0.2, -0.15) is 0 Å². The molecule has 94 valence electrons. The molecule has 6 heteroatoms. The molecule has 0 unspecified atom stereocenters. The largest absolute Gasteiger partial charge is 0.347 e. The van der Waals surface area contributed by atoms with Crippen molar-refractivity contribution in [2.24, 2.45) is 0 Å². The van der Waals surface area contributed by atoms with Gasteiger partial charge in [0.1, 0.15) is 11.6 Å². The summed E-state index contributed by atoms with van der Waals surface area (Å²) in [7, 11) is 0. The van der Waals surface area contributed by atoms with Crippen molar-refractivity contribution >= 4 is 29.9 Å². The van der Waals surface area contributed by atoms with E-state index in [-0.39, 0.29) is 18.0 Å². The van der Waals surface area contributed by atoms with Crippen LogP contribution in [0.5, 0.6) is 0 Å². The van der Waals surface area contributed by atoms with Crippen LogP contribution in [-0.2, 0) is 6.54 Å². The molecule has 0 bridgehead atoms. The highest BCUT2D eigenvalue weighted by atomic mass is 32.1. The molecule has 1 amide bonds. The first-order valence-corrected chi connectivity index (χ1v) is 6.38. The van der Waals surface area contributed by atoms with Gasteiger partial charge in [0.2, 0.25) is 0 Å². The van der Waals surface area contributed by atoms with Gasteiger partial charge in [-0.25, -0.2) is 8.78 Å². The highest BCUT2D eigenvalue weighted by molar-refractivity contribution is 7.80. The third-order valence-corrected chi connectivity index (χ3v) is 3.62. The second kappa shape index (κ2) is 5.49. The van der Waals surface area contributed by atoms with E-state index < -0.39 is 11.6 Å². The van der Waals surface area contributed by atoms with Crippen molar-refractivity contribution in [2.45, 2.75) is 11.4 Å². The molecule has 0 saturated heterocycles. The molecule has 0 aliphatic rings. The highest BCUT2D eigenvalue weighted by Gasteiger charge is 2.09. The van der Waals surface area contributed by atoms with Crippen molar-refractivity contribution in [1.29, 1.82) is 0 Å². The molecule has 0 aliphatic carbocycles. The number of thiophene rings is 1. The quantitative estimate of drug-likeness (QED) is 0.833. The lowest BCUT2D eigenvalue weighted by Crippen LogP contribution is -2.22. The Morgan fingerprint density at radius 1 is 1.33 bits per heavy atom. The molecule has 1 aromatic heterocycles. The molecule has 0 saturated carbocycles. The van der Waals surface area contributed by atoms with E-state index in [1.165, 1.54) is 11.3 Å². The van der Waals surface area contributed by atoms with E-state index in [0.717, 1.165) is 18.2 Å². The first-order valence-electron chi connectivity index (χ1n) is 5.06. The maximum atomic E-state index is 13.3. The topological polar surface area (TPSA) is 29.1 Å². The van der Waals surface area contributed by atoms with Crippen LogP contribution in [0.1, 0.15) is 15.2 Å². The van der Waals surface area contributed by atoms with Gasteiger partial charge in [-0.1, -0.05) is 0 Å². The summed E-state index contributed by atoms with van der Waals surface area (Å²) in [6.45, 7) is -0.0533.